The first kappa shape index (κ1) is 12.9. The van der Waals surface area contributed by atoms with Gasteiger partial charge in [0.05, 0.1) is 0 Å². The van der Waals surface area contributed by atoms with E-state index in [1.165, 1.54) is 10.9 Å². The van der Waals surface area contributed by atoms with Crippen molar-refractivity contribution in [1.29, 1.82) is 0 Å². The monoisotopic (exact) mass is 269 g/mol. The van der Waals surface area contributed by atoms with E-state index < -0.39 is 0 Å². The molecule has 20 heavy (non-hydrogen) atoms. The molecule has 0 aliphatic carbocycles. The Morgan fingerprint density at radius 1 is 1.20 bits per heavy atom. The van der Waals surface area contributed by atoms with E-state index in [0.29, 0.717) is 6.54 Å². The number of hydrogen-bond donors (Lipinski definition) is 1. The number of fused-ring (bicyclic) bond motifs is 1. The number of aromatic nitrogens is 4. The summed E-state index contributed by atoms with van der Waals surface area (Å²) in [6.07, 6.45) is 9.60. The van der Waals surface area contributed by atoms with Gasteiger partial charge in [0.15, 0.2) is 0 Å². The minimum atomic E-state index is 0.660. The first-order chi connectivity index (χ1) is 9.79. The van der Waals surface area contributed by atoms with Crippen LogP contribution in [-0.4, -0.2) is 25.6 Å². The molecule has 0 aromatic carbocycles. The van der Waals surface area contributed by atoms with E-state index >= 15 is 0 Å². The molecule has 104 valence electrons. The van der Waals surface area contributed by atoms with Gasteiger partial charge in [-0.1, -0.05) is 0 Å². The second-order valence-corrected chi connectivity index (χ2v) is 4.97. The summed E-state index contributed by atoms with van der Waals surface area (Å²) in [6.45, 7) is 1.54. The van der Waals surface area contributed by atoms with E-state index in [4.69, 9.17) is 5.73 Å². The zero-order valence-corrected chi connectivity index (χ0v) is 11.7. The summed E-state index contributed by atoms with van der Waals surface area (Å²) in [5.74, 6) is 1.09. The summed E-state index contributed by atoms with van der Waals surface area (Å²) >= 11 is 0. The predicted octanol–water partition coefficient (Wildman–Crippen LogP) is 1.51. The van der Waals surface area contributed by atoms with Gasteiger partial charge in [-0.05, 0) is 30.7 Å². The molecule has 0 unspecified atom stereocenters. The molecule has 0 spiro atoms. The van der Waals surface area contributed by atoms with Gasteiger partial charge in [-0.15, -0.1) is 0 Å². The zero-order valence-electron chi connectivity index (χ0n) is 11.7. The quantitative estimate of drug-likeness (QED) is 0.764. The third-order valence-corrected chi connectivity index (χ3v) is 3.63. The van der Waals surface area contributed by atoms with Crippen LogP contribution in [0.3, 0.4) is 0 Å². The van der Waals surface area contributed by atoms with Crippen molar-refractivity contribution in [3.8, 4) is 0 Å². The van der Waals surface area contributed by atoms with Gasteiger partial charge in [0.1, 0.15) is 11.5 Å². The summed E-state index contributed by atoms with van der Waals surface area (Å²) in [7, 11) is 2.02. The van der Waals surface area contributed by atoms with Crippen LogP contribution in [0.2, 0.25) is 0 Å². The molecule has 5 heteroatoms. The Morgan fingerprint density at radius 3 is 2.85 bits per heavy atom. The molecule has 0 bridgehead atoms. The van der Waals surface area contributed by atoms with Crippen LogP contribution in [0.25, 0.3) is 11.0 Å². The van der Waals surface area contributed by atoms with Crippen LogP contribution >= 0.6 is 0 Å². The summed E-state index contributed by atoms with van der Waals surface area (Å²) < 4.78 is 4.26. The van der Waals surface area contributed by atoms with Crippen molar-refractivity contribution in [2.45, 2.75) is 19.4 Å². The number of nitrogens with zero attached hydrogens (tertiary/aromatic N) is 4. The molecule has 5 nitrogen and oxygen atoms in total. The Morgan fingerprint density at radius 2 is 2.10 bits per heavy atom. The van der Waals surface area contributed by atoms with Crippen LogP contribution in [0.5, 0.6) is 0 Å². The number of nitrogens with two attached hydrogens (primary N) is 1. The standard InChI is InChI=1S/C15H19N5/c1-19-10-8-17-14(19)5-9-20-11-12(4-6-16)13-3-2-7-18-15(13)20/h2-3,7-8,10-11H,4-6,9,16H2,1H3. The molecule has 0 saturated carbocycles. The van der Waals surface area contributed by atoms with E-state index in [2.05, 4.69) is 31.4 Å². The van der Waals surface area contributed by atoms with Gasteiger partial charge in [-0.3, -0.25) is 0 Å². The minimum Gasteiger partial charge on any atom is -0.338 e. The highest BCUT2D eigenvalue weighted by Gasteiger charge is 2.09. The number of rotatable bonds is 5. The molecule has 3 heterocycles. The Hall–Kier alpha value is -2.14. The van der Waals surface area contributed by atoms with Gasteiger partial charge in [0, 0.05) is 50.2 Å². The average molecular weight is 269 g/mol. The highest BCUT2D eigenvalue weighted by atomic mass is 15.1. The largest absolute Gasteiger partial charge is 0.338 e. The Balaban J connectivity index is 1.89. The van der Waals surface area contributed by atoms with Crippen LogP contribution in [0.4, 0.5) is 0 Å². The Kier molecular flexibility index (Phi) is 3.52. The van der Waals surface area contributed by atoms with Crippen molar-refractivity contribution in [3.63, 3.8) is 0 Å². The number of hydrogen-bond acceptors (Lipinski definition) is 3. The smallest absolute Gasteiger partial charge is 0.140 e. The topological polar surface area (TPSA) is 61.7 Å². The lowest BCUT2D eigenvalue weighted by molar-refractivity contribution is 0.662. The molecule has 0 aliphatic heterocycles. The van der Waals surface area contributed by atoms with Gasteiger partial charge in [-0.25, -0.2) is 9.97 Å². The van der Waals surface area contributed by atoms with Gasteiger partial charge in [0.2, 0.25) is 0 Å². The fourth-order valence-electron chi connectivity index (χ4n) is 2.58. The van der Waals surface area contributed by atoms with Crippen molar-refractivity contribution in [3.05, 3.63) is 48.3 Å². The molecule has 3 aromatic heterocycles. The maximum absolute atomic E-state index is 5.69. The number of aryl methyl sites for hydroxylation is 3. The highest BCUT2D eigenvalue weighted by Crippen LogP contribution is 2.20. The van der Waals surface area contributed by atoms with Crippen LogP contribution in [-0.2, 0) is 26.4 Å². The third kappa shape index (κ3) is 2.32. The molecule has 3 aromatic rings. The van der Waals surface area contributed by atoms with Crippen molar-refractivity contribution in [2.75, 3.05) is 6.54 Å². The molecule has 0 saturated heterocycles. The lowest BCUT2D eigenvalue weighted by Gasteiger charge is -2.04. The van der Waals surface area contributed by atoms with Crippen molar-refractivity contribution in [2.24, 2.45) is 12.8 Å². The second-order valence-electron chi connectivity index (χ2n) is 4.97. The van der Waals surface area contributed by atoms with E-state index in [1.54, 1.807) is 0 Å². The van der Waals surface area contributed by atoms with E-state index in [1.807, 2.05) is 31.7 Å². The number of pyridine rings is 1. The van der Waals surface area contributed by atoms with Gasteiger partial charge < -0.3 is 14.9 Å². The van der Waals surface area contributed by atoms with Crippen molar-refractivity contribution in [1.82, 2.24) is 19.1 Å². The Labute approximate surface area is 118 Å². The molecule has 3 rings (SSSR count). The maximum atomic E-state index is 5.69. The minimum absolute atomic E-state index is 0.660. The van der Waals surface area contributed by atoms with Crippen LogP contribution in [0, 0.1) is 0 Å². The molecular weight excluding hydrogens is 250 g/mol. The van der Waals surface area contributed by atoms with Gasteiger partial charge in [0.25, 0.3) is 0 Å². The summed E-state index contributed by atoms with van der Waals surface area (Å²) in [4.78, 5) is 8.86. The predicted molar refractivity (Wildman–Crippen MR) is 79.4 cm³/mol. The van der Waals surface area contributed by atoms with Crippen LogP contribution in [0.1, 0.15) is 11.4 Å². The zero-order chi connectivity index (χ0) is 13.9. The maximum Gasteiger partial charge on any atom is 0.140 e. The number of imidazole rings is 1. The average Bonchev–Trinajstić information content (AvgIpc) is 3.02. The molecular formula is C15H19N5. The highest BCUT2D eigenvalue weighted by molar-refractivity contribution is 5.80. The summed E-state index contributed by atoms with van der Waals surface area (Å²) in [5.41, 5.74) is 7.99. The van der Waals surface area contributed by atoms with E-state index in [9.17, 15) is 0 Å². The van der Waals surface area contributed by atoms with Crippen LogP contribution in [0.15, 0.2) is 36.9 Å². The Bertz CT molecular complexity index is 710. The molecule has 0 aliphatic rings. The second kappa shape index (κ2) is 5.46. The van der Waals surface area contributed by atoms with E-state index in [-0.39, 0.29) is 0 Å². The lowest BCUT2D eigenvalue weighted by atomic mass is 10.2. The molecule has 0 amide bonds. The third-order valence-electron chi connectivity index (χ3n) is 3.63. The molecule has 0 radical (unpaired) electrons. The fourth-order valence-corrected chi connectivity index (χ4v) is 2.58. The first-order valence-electron chi connectivity index (χ1n) is 6.88. The van der Waals surface area contributed by atoms with E-state index in [0.717, 1.165) is 30.9 Å². The molecule has 0 fully saturated rings. The summed E-state index contributed by atoms with van der Waals surface area (Å²) in [6, 6.07) is 4.09. The van der Waals surface area contributed by atoms with Gasteiger partial charge >= 0.3 is 0 Å². The molecule has 0 atom stereocenters. The van der Waals surface area contributed by atoms with Crippen molar-refractivity contribution >= 4 is 11.0 Å². The van der Waals surface area contributed by atoms with Crippen molar-refractivity contribution < 1.29 is 0 Å². The van der Waals surface area contributed by atoms with Gasteiger partial charge in [-0.2, -0.15) is 0 Å². The fraction of sp³-hybridized carbons (Fsp3) is 0.333. The van der Waals surface area contributed by atoms with Crippen LogP contribution < -0.4 is 5.73 Å². The molecule has 2 N–H and O–H groups in total. The SMILES string of the molecule is Cn1ccnc1CCn1cc(CCN)c2cccnc21. The first-order valence-corrected chi connectivity index (χ1v) is 6.88. The normalized spacial score (nSPS) is 11.3. The lowest BCUT2D eigenvalue weighted by Crippen LogP contribution is -2.05. The summed E-state index contributed by atoms with van der Waals surface area (Å²) in [5, 5.41) is 1.21.